The number of para-hydroxylation sites is 2. The van der Waals surface area contributed by atoms with Crippen LogP contribution in [0.15, 0.2) is 53.5 Å². The Morgan fingerprint density at radius 3 is 2.75 bits per heavy atom. The molecule has 3 aromatic rings. The maximum absolute atomic E-state index is 6.16. The quantitative estimate of drug-likeness (QED) is 0.330. The summed E-state index contributed by atoms with van der Waals surface area (Å²) >= 11 is 0. The van der Waals surface area contributed by atoms with Gasteiger partial charge in [0.1, 0.15) is 5.82 Å². The van der Waals surface area contributed by atoms with Crippen LogP contribution in [0.5, 0.6) is 0 Å². The molecule has 32 heavy (non-hydrogen) atoms. The third-order valence-corrected chi connectivity index (χ3v) is 6.30. The zero-order valence-corrected chi connectivity index (χ0v) is 19.5. The minimum atomic E-state index is 0.146. The van der Waals surface area contributed by atoms with Crippen LogP contribution in [0.3, 0.4) is 0 Å². The molecular formula is C26H35N5O. The van der Waals surface area contributed by atoms with E-state index in [-0.39, 0.29) is 6.10 Å². The van der Waals surface area contributed by atoms with Crippen LogP contribution in [0.1, 0.15) is 42.3 Å². The number of aromatic nitrogens is 2. The SMILES string of the molecule is CN=C(NCCCn1c(C)nc2ccccc21)NCC1CCCOC1c1ccc(C)cc1. The number of nitrogens with one attached hydrogen (secondary N) is 2. The number of hydrogen-bond acceptors (Lipinski definition) is 3. The first-order valence-electron chi connectivity index (χ1n) is 11.7. The first-order chi connectivity index (χ1) is 15.7. The minimum absolute atomic E-state index is 0.146. The number of nitrogens with zero attached hydrogens (tertiary/aromatic N) is 3. The molecule has 2 N–H and O–H groups in total. The molecule has 2 aromatic carbocycles. The van der Waals surface area contributed by atoms with E-state index in [1.54, 1.807) is 0 Å². The van der Waals surface area contributed by atoms with Crippen LogP contribution in [0, 0.1) is 19.8 Å². The van der Waals surface area contributed by atoms with Crippen LogP contribution in [0.4, 0.5) is 0 Å². The second kappa shape index (κ2) is 10.6. The number of ether oxygens (including phenoxy) is 1. The van der Waals surface area contributed by atoms with Crippen LogP contribution in [0.25, 0.3) is 11.0 Å². The summed E-state index contributed by atoms with van der Waals surface area (Å²) in [5, 5.41) is 6.99. The maximum Gasteiger partial charge on any atom is 0.190 e. The van der Waals surface area contributed by atoms with Gasteiger partial charge >= 0.3 is 0 Å². The van der Waals surface area contributed by atoms with Crippen molar-refractivity contribution in [3.05, 3.63) is 65.5 Å². The zero-order valence-electron chi connectivity index (χ0n) is 19.5. The molecule has 0 amide bonds. The topological polar surface area (TPSA) is 63.5 Å². The van der Waals surface area contributed by atoms with Gasteiger partial charge in [0.15, 0.2) is 5.96 Å². The monoisotopic (exact) mass is 433 g/mol. The second-order valence-electron chi connectivity index (χ2n) is 8.64. The van der Waals surface area contributed by atoms with Crippen molar-refractivity contribution in [2.75, 3.05) is 26.7 Å². The number of imidazole rings is 1. The fourth-order valence-corrected chi connectivity index (χ4v) is 4.55. The van der Waals surface area contributed by atoms with E-state index >= 15 is 0 Å². The molecule has 0 radical (unpaired) electrons. The summed E-state index contributed by atoms with van der Waals surface area (Å²) in [4.78, 5) is 9.07. The van der Waals surface area contributed by atoms with Gasteiger partial charge in [-0.2, -0.15) is 0 Å². The molecule has 2 heterocycles. The van der Waals surface area contributed by atoms with E-state index in [9.17, 15) is 0 Å². The van der Waals surface area contributed by atoms with Crippen molar-refractivity contribution >= 4 is 17.0 Å². The molecule has 2 atom stereocenters. The fourth-order valence-electron chi connectivity index (χ4n) is 4.55. The van der Waals surface area contributed by atoms with E-state index < -0.39 is 0 Å². The van der Waals surface area contributed by atoms with Gasteiger partial charge in [-0.25, -0.2) is 4.98 Å². The Balaban J connectivity index is 1.27. The van der Waals surface area contributed by atoms with E-state index in [2.05, 4.69) is 81.5 Å². The van der Waals surface area contributed by atoms with Crippen LogP contribution in [-0.4, -0.2) is 42.3 Å². The molecule has 1 fully saturated rings. The van der Waals surface area contributed by atoms with Crippen molar-refractivity contribution in [1.82, 2.24) is 20.2 Å². The highest BCUT2D eigenvalue weighted by atomic mass is 16.5. The number of guanidine groups is 1. The highest BCUT2D eigenvalue weighted by molar-refractivity contribution is 5.79. The summed E-state index contributed by atoms with van der Waals surface area (Å²) in [6.07, 6.45) is 3.42. The lowest BCUT2D eigenvalue weighted by Crippen LogP contribution is -2.42. The van der Waals surface area contributed by atoms with E-state index in [0.717, 1.165) is 62.8 Å². The number of rotatable bonds is 7. The number of hydrogen-bond donors (Lipinski definition) is 2. The highest BCUT2D eigenvalue weighted by Gasteiger charge is 2.27. The van der Waals surface area contributed by atoms with Crippen LogP contribution in [0.2, 0.25) is 0 Å². The fraction of sp³-hybridized carbons (Fsp3) is 0.462. The van der Waals surface area contributed by atoms with Gasteiger partial charge in [-0.05, 0) is 50.8 Å². The molecular weight excluding hydrogens is 398 g/mol. The van der Waals surface area contributed by atoms with Crippen molar-refractivity contribution < 1.29 is 4.74 Å². The first kappa shape index (κ1) is 22.3. The van der Waals surface area contributed by atoms with Crippen molar-refractivity contribution in [3.8, 4) is 0 Å². The zero-order chi connectivity index (χ0) is 22.3. The average molecular weight is 434 g/mol. The van der Waals surface area contributed by atoms with Gasteiger partial charge in [0.05, 0.1) is 17.1 Å². The maximum atomic E-state index is 6.16. The van der Waals surface area contributed by atoms with E-state index in [1.165, 1.54) is 16.6 Å². The Kier molecular flexibility index (Phi) is 7.43. The van der Waals surface area contributed by atoms with Crippen molar-refractivity contribution in [2.24, 2.45) is 10.9 Å². The summed E-state index contributed by atoms with van der Waals surface area (Å²) in [5.74, 6) is 2.35. The van der Waals surface area contributed by atoms with Gasteiger partial charge in [0, 0.05) is 39.2 Å². The Morgan fingerprint density at radius 2 is 1.94 bits per heavy atom. The van der Waals surface area contributed by atoms with E-state index in [0.29, 0.717) is 5.92 Å². The molecule has 6 nitrogen and oxygen atoms in total. The molecule has 0 saturated carbocycles. The van der Waals surface area contributed by atoms with Crippen LogP contribution < -0.4 is 10.6 Å². The van der Waals surface area contributed by atoms with Crippen LogP contribution >= 0.6 is 0 Å². The number of benzene rings is 2. The normalized spacial score (nSPS) is 19.3. The Morgan fingerprint density at radius 1 is 1.12 bits per heavy atom. The Bertz CT molecular complexity index is 1040. The van der Waals surface area contributed by atoms with Gasteiger partial charge in [-0.1, -0.05) is 42.0 Å². The number of aryl methyl sites for hydroxylation is 3. The standard InChI is InChI=1S/C26H35N5O/c1-19-11-13-21(14-12-19)25-22(8-6-17-32-25)18-29-26(27-3)28-15-7-16-31-20(2)30-23-9-4-5-10-24(23)31/h4-5,9-14,22,25H,6-8,15-18H2,1-3H3,(H2,27,28,29). The molecule has 1 aliphatic heterocycles. The number of aliphatic imine (C=N–C) groups is 1. The van der Waals surface area contributed by atoms with Gasteiger partial charge in [0.2, 0.25) is 0 Å². The number of fused-ring (bicyclic) bond motifs is 1. The molecule has 6 heteroatoms. The largest absolute Gasteiger partial charge is 0.373 e. The summed E-state index contributed by atoms with van der Waals surface area (Å²) in [5.41, 5.74) is 4.82. The van der Waals surface area contributed by atoms with Crippen molar-refractivity contribution in [2.45, 2.75) is 45.8 Å². The molecule has 1 aliphatic rings. The van der Waals surface area contributed by atoms with Crippen molar-refractivity contribution in [1.29, 1.82) is 0 Å². The summed E-state index contributed by atoms with van der Waals surface area (Å²) in [6.45, 7) is 7.67. The van der Waals surface area contributed by atoms with Gasteiger partial charge in [0.25, 0.3) is 0 Å². The molecule has 2 unspecified atom stereocenters. The van der Waals surface area contributed by atoms with Gasteiger partial charge in [-0.3, -0.25) is 4.99 Å². The molecule has 170 valence electrons. The predicted molar refractivity (Wildman–Crippen MR) is 131 cm³/mol. The van der Waals surface area contributed by atoms with Gasteiger partial charge < -0.3 is 19.9 Å². The summed E-state index contributed by atoms with van der Waals surface area (Å²) < 4.78 is 8.45. The molecule has 1 saturated heterocycles. The predicted octanol–water partition coefficient (Wildman–Crippen LogP) is 4.38. The second-order valence-corrected chi connectivity index (χ2v) is 8.64. The van der Waals surface area contributed by atoms with Crippen LogP contribution in [-0.2, 0) is 11.3 Å². The third-order valence-electron chi connectivity index (χ3n) is 6.30. The first-order valence-corrected chi connectivity index (χ1v) is 11.7. The summed E-state index contributed by atoms with van der Waals surface area (Å²) in [6, 6.07) is 17.1. The lowest BCUT2D eigenvalue weighted by Gasteiger charge is -2.32. The average Bonchev–Trinajstić information content (AvgIpc) is 3.14. The molecule has 0 bridgehead atoms. The minimum Gasteiger partial charge on any atom is -0.373 e. The van der Waals surface area contributed by atoms with Crippen molar-refractivity contribution in [3.63, 3.8) is 0 Å². The lowest BCUT2D eigenvalue weighted by atomic mass is 9.89. The van der Waals surface area contributed by atoms with Gasteiger partial charge in [-0.15, -0.1) is 0 Å². The van der Waals surface area contributed by atoms with E-state index in [4.69, 9.17) is 4.74 Å². The molecule has 0 aliphatic carbocycles. The highest BCUT2D eigenvalue weighted by Crippen LogP contribution is 2.33. The Hall–Kier alpha value is -2.86. The Labute approximate surface area is 191 Å². The van der Waals surface area contributed by atoms with E-state index in [1.807, 2.05) is 13.1 Å². The molecule has 1 aromatic heterocycles. The summed E-state index contributed by atoms with van der Waals surface area (Å²) in [7, 11) is 1.83. The molecule has 4 rings (SSSR count). The lowest BCUT2D eigenvalue weighted by molar-refractivity contribution is -0.0265. The third kappa shape index (κ3) is 5.30. The molecule has 0 spiro atoms. The smallest absolute Gasteiger partial charge is 0.190 e.